The molecule has 0 aromatic heterocycles. The Morgan fingerprint density at radius 2 is 1.13 bits per heavy atom. The first-order valence-electron chi connectivity index (χ1n) is 10.3. The Bertz CT molecular complexity index is 1160. The molecule has 1 heterocycles. The molecular formula is C28H21NO2. The molecular weight excluding hydrogens is 382 g/mol. The molecule has 1 aliphatic heterocycles. The van der Waals surface area contributed by atoms with Crippen LogP contribution < -0.4 is 4.90 Å². The minimum Gasteiger partial charge on any atom is -0.293 e. The highest BCUT2D eigenvalue weighted by Gasteiger charge is 2.66. The van der Waals surface area contributed by atoms with Crippen molar-refractivity contribution >= 4 is 17.4 Å². The fourth-order valence-electron chi connectivity index (χ4n) is 4.64. The van der Waals surface area contributed by atoms with Crippen molar-refractivity contribution in [2.45, 2.75) is 11.5 Å². The molecule has 4 aromatic rings. The molecule has 5 rings (SSSR count). The Morgan fingerprint density at radius 3 is 1.71 bits per heavy atom. The first kappa shape index (κ1) is 19.0. The Balaban J connectivity index is 1.80. The van der Waals surface area contributed by atoms with Gasteiger partial charge in [0, 0.05) is 11.3 Å². The second-order valence-corrected chi connectivity index (χ2v) is 7.68. The minimum atomic E-state index is -1.16. The predicted molar refractivity (Wildman–Crippen MR) is 122 cm³/mol. The Kier molecular flexibility index (Phi) is 4.72. The van der Waals surface area contributed by atoms with Crippen LogP contribution in [0.3, 0.4) is 0 Å². The van der Waals surface area contributed by atoms with E-state index in [0.717, 1.165) is 11.1 Å². The molecule has 0 aliphatic carbocycles. The van der Waals surface area contributed by atoms with E-state index in [1.54, 1.807) is 4.90 Å². The minimum absolute atomic E-state index is 0.0782. The van der Waals surface area contributed by atoms with Gasteiger partial charge in [-0.3, -0.25) is 14.5 Å². The third-order valence-corrected chi connectivity index (χ3v) is 5.98. The zero-order valence-corrected chi connectivity index (χ0v) is 16.9. The second-order valence-electron chi connectivity index (χ2n) is 7.68. The number of anilines is 1. The summed E-state index contributed by atoms with van der Waals surface area (Å²) in [6, 6.07) is 38.0. The van der Waals surface area contributed by atoms with Crippen molar-refractivity contribution in [3.05, 3.63) is 138 Å². The van der Waals surface area contributed by atoms with Crippen LogP contribution in [-0.2, 0) is 10.3 Å². The summed E-state index contributed by atoms with van der Waals surface area (Å²) >= 11 is 0. The molecule has 1 aliphatic rings. The summed E-state index contributed by atoms with van der Waals surface area (Å²) in [4.78, 5) is 29.6. The zero-order chi connectivity index (χ0) is 21.3. The molecule has 31 heavy (non-hydrogen) atoms. The van der Waals surface area contributed by atoms with Crippen molar-refractivity contribution in [1.29, 1.82) is 0 Å². The van der Waals surface area contributed by atoms with Gasteiger partial charge < -0.3 is 0 Å². The van der Waals surface area contributed by atoms with Gasteiger partial charge in [0.05, 0.1) is 5.92 Å². The fourth-order valence-corrected chi connectivity index (χ4v) is 4.64. The number of Topliss-reactive ketones (excluding diaryl/α,β-unsaturated/α-hetero) is 1. The number of hydrogen-bond acceptors (Lipinski definition) is 2. The van der Waals surface area contributed by atoms with Gasteiger partial charge in [0.15, 0.2) is 11.3 Å². The van der Waals surface area contributed by atoms with E-state index in [2.05, 4.69) is 0 Å². The van der Waals surface area contributed by atoms with Gasteiger partial charge in [-0.25, -0.2) is 0 Å². The number of para-hydroxylation sites is 1. The van der Waals surface area contributed by atoms with E-state index in [4.69, 9.17) is 0 Å². The smallest absolute Gasteiger partial charge is 0.239 e. The van der Waals surface area contributed by atoms with Gasteiger partial charge in [-0.1, -0.05) is 109 Å². The largest absolute Gasteiger partial charge is 0.293 e. The Hall–Kier alpha value is -3.98. The lowest BCUT2D eigenvalue weighted by Gasteiger charge is -2.56. The van der Waals surface area contributed by atoms with Crippen molar-refractivity contribution < 1.29 is 9.59 Å². The van der Waals surface area contributed by atoms with Gasteiger partial charge in [0.2, 0.25) is 5.91 Å². The number of rotatable bonds is 5. The standard InChI is InChI=1S/C28H21NO2/c30-26(22-15-7-2-8-16-22)28(23-17-9-3-10-18-23)25(21-13-5-1-6-14-21)27(31)29(28)24-19-11-4-12-20-24/h1-20,25H. The van der Waals surface area contributed by atoms with Crippen LogP contribution in [0.4, 0.5) is 5.69 Å². The quantitative estimate of drug-likeness (QED) is 0.321. The summed E-state index contributed by atoms with van der Waals surface area (Å²) in [5, 5.41) is 0. The number of carbonyl (C=O) groups excluding carboxylic acids is 2. The Morgan fingerprint density at radius 1 is 0.645 bits per heavy atom. The molecule has 150 valence electrons. The highest BCUT2D eigenvalue weighted by atomic mass is 16.2. The molecule has 0 bridgehead atoms. The van der Waals surface area contributed by atoms with Crippen molar-refractivity contribution in [3.8, 4) is 0 Å². The number of benzene rings is 4. The lowest BCUT2D eigenvalue weighted by atomic mass is 9.62. The monoisotopic (exact) mass is 403 g/mol. The summed E-state index contributed by atoms with van der Waals surface area (Å²) in [6.07, 6.45) is 0. The van der Waals surface area contributed by atoms with E-state index < -0.39 is 11.5 Å². The van der Waals surface area contributed by atoms with E-state index >= 15 is 0 Å². The second kappa shape index (κ2) is 7.69. The van der Waals surface area contributed by atoms with E-state index in [1.165, 1.54) is 0 Å². The molecule has 0 N–H and O–H groups in total. The summed E-state index contributed by atoms with van der Waals surface area (Å²) in [5.41, 5.74) is 1.78. The average molecular weight is 403 g/mol. The van der Waals surface area contributed by atoms with Gasteiger partial charge in [0.1, 0.15) is 0 Å². The molecule has 1 saturated heterocycles. The normalized spacial score (nSPS) is 20.2. The van der Waals surface area contributed by atoms with Crippen LogP contribution in [-0.4, -0.2) is 11.7 Å². The summed E-state index contributed by atoms with van der Waals surface area (Å²) in [5.74, 6) is -0.772. The topological polar surface area (TPSA) is 37.4 Å². The van der Waals surface area contributed by atoms with Gasteiger partial charge in [-0.05, 0) is 23.3 Å². The average Bonchev–Trinajstić information content (AvgIpc) is 2.84. The van der Waals surface area contributed by atoms with Gasteiger partial charge in [-0.2, -0.15) is 0 Å². The lowest BCUT2D eigenvalue weighted by Crippen LogP contribution is -2.71. The molecule has 3 nitrogen and oxygen atoms in total. The van der Waals surface area contributed by atoms with E-state index in [9.17, 15) is 9.59 Å². The van der Waals surface area contributed by atoms with Crippen molar-refractivity contribution in [1.82, 2.24) is 0 Å². The molecule has 1 amide bonds. The van der Waals surface area contributed by atoms with Crippen LogP contribution in [0.15, 0.2) is 121 Å². The molecule has 0 spiro atoms. The van der Waals surface area contributed by atoms with Crippen LogP contribution in [0.25, 0.3) is 0 Å². The first-order valence-corrected chi connectivity index (χ1v) is 10.3. The molecule has 4 aromatic carbocycles. The maximum absolute atomic E-state index is 14.3. The molecule has 2 unspecified atom stereocenters. The summed E-state index contributed by atoms with van der Waals surface area (Å²) < 4.78 is 0. The molecule has 0 radical (unpaired) electrons. The highest BCUT2D eigenvalue weighted by molar-refractivity contribution is 6.22. The summed E-state index contributed by atoms with van der Waals surface area (Å²) in [6.45, 7) is 0. The third-order valence-electron chi connectivity index (χ3n) is 5.98. The van der Waals surface area contributed by atoms with E-state index in [-0.39, 0.29) is 11.7 Å². The third kappa shape index (κ3) is 2.89. The maximum atomic E-state index is 14.3. The number of β-lactam (4-membered cyclic amide) rings is 1. The Labute approximate surface area is 181 Å². The number of hydrogen-bond donors (Lipinski definition) is 0. The van der Waals surface area contributed by atoms with Crippen LogP contribution in [0.5, 0.6) is 0 Å². The summed E-state index contributed by atoms with van der Waals surface area (Å²) in [7, 11) is 0. The van der Waals surface area contributed by atoms with Crippen molar-refractivity contribution in [3.63, 3.8) is 0 Å². The van der Waals surface area contributed by atoms with E-state index in [0.29, 0.717) is 11.3 Å². The van der Waals surface area contributed by atoms with Crippen LogP contribution in [0, 0.1) is 0 Å². The van der Waals surface area contributed by atoms with Crippen molar-refractivity contribution in [2.24, 2.45) is 0 Å². The molecule has 1 fully saturated rings. The van der Waals surface area contributed by atoms with Gasteiger partial charge in [-0.15, -0.1) is 0 Å². The fraction of sp³-hybridized carbons (Fsp3) is 0.0714. The number of nitrogens with zero attached hydrogens (tertiary/aromatic N) is 1. The van der Waals surface area contributed by atoms with Gasteiger partial charge >= 0.3 is 0 Å². The molecule has 2 atom stereocenters. The zero-order valence-electron chi connectivity index (χ0n) is 16.9. The SMILES string of the molecule is O=C1C(c2ccccc2)C(C(=O)c2ccccc2)(c2ccccc2)N1c1ccccc1. The number of ketones is 1. The maximum Gasteiger partial charge on any atom is 0.239 e. The first-order chi connectivity index (χ1) is 15.2. The molecule has 3 heteroatoms. The lowest BCUT2D eigenvalue weighted by molar-refractivity contribution is -0.129. The highest BCUT2D eigenvalue weighted by Crippen LogP contribution is 2.55. The van der Waals surface area contributed by atoms with Gasteiger partial charge in [0.25, 0.3) is 0 Å². The van der Waals surface area contributed by atoms with Crippen LogP contribution >= 0.6 is 0 Å². The van der Waals surface area contributed by atoms with Crippen LogP contribution in [0.1, 0.15) is 27.4 Å². The van der Waals surface area contributed by atoms with Crippen molar-refractivity contribution in [2.75, 3.05) is 4.90 Å². The van der Waals surface area contributed by atoms with Crippen LogP contribution in [0.2, 0.25) is 0 Å². The predicted octanol–water partition coefficient (Wildman–Crippen LogP) is 5.60. The number of carbonyl (C=O) groups is 2. The van der Waals surface area contributed by atoms with E-state index in [1.807, 2.05) is 121 Å². The molecule has 0 saturated carbocycles. The number of amides is 1.